The lowest BCUT2D eigenvalue weighted by Crippen LogP contribution is -2.36. The van der Waals surface area contributed by atoms with Crippen molar-refractivity contribution in [2.75, 3.05) is 0 Å². The van der Waals surface area contributed by atoms with E-state index in [1.807, 2.05) is 0 Å². The van der Waals surface area contributed by atoms with Crippen LogP contribution in [0.25, 0.3) is 0 Å². The van der Waals surface area contributed by atoms with Gasteiger partial charge in [-0.25, -0.2) is 4.79 Å². The van der Waals surface area contributed by atoms with Crippen LogP contribution < -0.4 is 5.32 Å². The average Bonchev–Trinajstić information content (AvgIpc) is 2.40. The number of rotatable bonds is 3. The van der Waals surface area contributed by atoms with Crippen LogP contribution in [0.15, 0.2) is 18.3 Å². The number of carboxylic acids is 1. The van der Waals surface area contributed by atoms with E-state index in [-0.39, 0.29) is 23.2 Å². The molecule has 2 N–H and O–H groups in total. The summed E-state index contributed by atoms with van der Waals surface area (Å²) in [5, 5.41) is 11.8. The quantitative estimate of drug-likeness (QED) is 0.855. The number of amides is 1. The molecule has 0 unspecified atom stereocenters. The first-order chi connectivity index (χ1) is 8.66. The Kier molecular flexibility index (Phi) is 3.92. The van der Waals surface area contributed by atoms with Crippen molar-refractivity contribution in [1.29, 1.82) is 0 Å². The topological polar surface area (TPSA) is 79.3 Å². The van der Waals surface area contributed by atoms with Crippen LogP contribution in [0.3, 0.4) is 0 Å². The molecule has 0 spiro atoms. The minimum Gasteiger partial charge on any atom is -0.478 e. The first kappa shape index (κ1) is 12.5. The molecule has 1 fully saturated rings. The molecule has 1 saturated carbocycles. The Hall–Kier alpha value is -1.91. The standard InChI is InChI=1S/C13H16N2O3/c16-12(15-10-4-2-1-3-5-10)11-8-9(13(17)18)6-7-14-11/h6-8,10H,1-5H2,(H,15,16)(H,17,18). The van der Waals surface area contributed by atoms with E-state index < -0.39 is 5.97 Å². The predicted octanol–water partition coefficient (Wildman–Crippen LogP) is 1.84. The normalized spacial score (nSPS) is 16.2. The summed E-state index contributed by atoms with van der Waals surface area (Å²) in [7, 11) is 0. The molecule has 18 heavy (non-hydrogen) atoms. The van der Waals surface area contributed by atoms with E-state index in [0.717, 1.165) is 25.7 Å². The number of carbonyl (C=O) groups is 2. The molecular weight excluding hydrogens is 232 g/mol. The summed E-state index contributed by atoms with van der Waals surface area (Å²) >= 11 is 0. The summed E-state index contributed by atoms with van der Waals surface area (Å²) in [5.74, 6) is -1.34. The molecule has 1 aromatic heterocycles. The molecule has 5 nitrogen and oxygen atoms in total. The molecule has 0 bridgehead atoms. The molecule has 0 aliphatic heterocycles. The molecular formula is C13H16N2O3. The summed E-state index contributed by atoms with van der Waals surface area (Å²) in [6.45, 7) is 0. The van der Waals surface area contributed by atoms with Crippen LogP contribution in [-0.4, -0.2) is 28.0 Å². The van der Waals surface area contributed by atoms with Gasteiger partial charge in [-0.1, -0.05) is 19.3 Å². The summed E-state index contributed by atoms with van der Waals surface area (Å²) in [6, 6.07) is 2.88. The van der Waals surface area contributed by atoms with E-state index in [0.29, 0.717) is 0 Å². The third-order valence-electron chi connectivity index (χ3n) is 3.18. The van der Waals surface area contributed by atoms with Gasteiger partial charge in [-0.2, -0.15) is 0 Å². The molecule has 1 aliphatic carbocycles. The average molecular weight is 248 g/mol. The lowest BCUT2D eigenvalue weighted by atomic mass is 9.95. The number of carboxylic acid groups (broad SMARTS) is 1. The van der Waals surface area contributed by atoms with Crippen LogP contribution in [-0.2, 0) is 0 Å². The maximum atomic E-state index is 11.9. The Morgan fingerprint density at radius 1 is 1.28 bits per heavy atom. The third kappa shape index (κ3) is 3.06. The lowest BCUT2D eigenvalue weighted by molar-refractivity contribution is 0.0696. The van der Waals surface area contributed by atoms with Crippen LogP contribution in [0.2, 0.25) is 0 Å². The van der Waals surface area contributed by atoms with Gasteiger partial charge in [0.25, 0.3) is 5.91 Å². The molecule has 96 valence electrons. The second kappa shape index (κ2) is 5.62. The SMILES string of the molecule is O=C(O)c1ccnc(C(=O)NC2CCCCC2)c1. The molecule has 0 aromatic carbocycles. The van der Waals surface area contributed by atoms with Crippen LogP contribution in [0.4, 0.5) is 0 Å². The van der Waals surface area contributed by atoms with E-state index >= 15 is 0 Å². The van der Waals surface area contributed by atoms with Crippen LogP contribution in [0, 0.1) is 0 Å². The lowest BCUT2D eigenvalue weighted by Gasteiger charge is -2.22. The van der Waals surface area contributed by atoms with Gasteiger partial charge in [0.1, 0.15) is 5.69 Å². The third-order valence-corrected chi connectivity index (χ3v) is 3.18. The Morgan fingerprint density at radius 2 is 2.00 bits per heavy atom. The van der Waals surface area contributed by atoms with Gasteiger partial charge in [0.05, 0.1) is 5.56 Å². The van der Waals surface area contributed by atoms with Gasteiger partial charge < -0.3 is 10.4 Å². The summed E-state index contributed by atoms with van der Waals surface area (Å²) in [6.07, 6.45) is 6.81. The smallest absolute Gasteiger partial charge is 0.335 e. The molecule has 0 atom stereocenters. The monoisotopic (exact) mass is 248 g/mol. The predicted molar refractivity (Wildman–Crippen MR) is 65.5 cm³/mol. The number of nitrogens with one attached hydrogen (secondary N) is 1. The first-order valence-electron chi connectivity index (χ1n) is 6.17. The van der Waals surface area contributed by atoms with Gasteiger partial charge in [-0.05, 0) is 25.0 Å². The highest BCUT2D eigenvalue weighted by Gasteiger charge is 2.18. The van der Waals surface area contributed by atoms with Crippen molar-refractivity contribution in [3.05, 3.63) is 29.6 Å². The maximum absolute atomic E-state index is 11.9. The Bertz CT molecular complexity index is 453. The fraction of sp³-hybridized carbons (Fsp3) is 0.462. The van der Waals surface area contributed by atoms with Crippen molar-refractivity contribution in [1.82, 2.24) is 10.3 Å². The van der Waals surface area contributed by atoms with Gasteiger partial charge in [0, 0.05) is 12.2 Å². The first-order valence-corrected chi connectivity index (χ1v) is 6.17. The number of carbonyl (C=O) groups excluding carboxylic acids is 1. The molecule has 1 aromatic rings. The Labute approximate surface area is 105 Å². The Balaban J connectivity index is 2.03. The van der Waals surface area contributed by atoms with Crippen molar-refractivity contribution < 1.29 is 14.7 Å². The van der Waals surface area contributed by atoms with E-state index in [1.165, 1.54) is 24.8 Å². The molecule has 0 saturated heterocycles. The fourth-order valence-corrected chi connectivity index (χ4v) is 2.19. The largest absolute Gasteiger partial charge is 0.478 e. The Morgan fingerprint density at radius 3 is 2.67 bits per heavy atom. The number of hydrogen-bond donors (Lipinski definition) is 2. The highest BCUT2D eigenvalue weighted by Crippen LogP contribution is 2.17. The van der Waals surface area contributed by atoms with Crippen LogP contribution >= 0.6 is 0 Å². The number of nitrogens with zero attached hydrogens (tertiary/aromatic N) is 1. The van der Waals surface area contributed by atoms with Gasteiger partial charge >= 0.3 is 5.97 Å². The summed E-state index contributed by atoms with van der Waals surface area (Å²) < 4.78 is 0. The van der Waals surface area contributed by atoms with Gasteiger partial charge in [0.2, 0.25) is 0 Å². The highest BCUT2D eigenvalue weighted by atomic mass is 16.4. The summed E-state index contributed by atoms with van der Waals surface area (Å²) in [4.78, 5) is 26.6. The summed E-state index contributed by atoms with van der Waals surface area (Å²) in [5.41, 5.74) is 0.249. The van der Waals surface area contributed by atoms with Crippen LogP contribution in [0.5, 0.6) is 0 Å². The van der Waals surface area contributed by atoms with Gasteiger partial charge in [-0.15, -0.1) is 0 Å². The molecule has 1 amide bonds. The zero-order chi connectivity index (χ0) is 13.0. The van der Waals surface area contributed by atoms with E-state index in [4.69, 9.17) is 5.11 Å². The maximum Gasteiger partial charge on any atom is 0.335 e. The van der Waals surface area contributed by atoms with Crippen LogP contribution in [0.1, 0.15) is 53.0 Å². The second-order valence-corrected chi connectivity index (χ2v) is 4.54. The molecule has 1 aliphatic rings. The zero-order valence-electron chi connectivity index (χ0n) is 10.1. The zero-order valence-corrected chi connectivity index (χ0v) is 10.1. The van der Waals surface area contributed by atoms with Crippen molar-refractivity contribution in [3.63, 3.8) is 0 Å². The molecule has 0 radical (unpaired) electrons. The fourth-order valence-electron chi connectivity index (χ4n) is 2.19. The second-order valence-electron chi connectivity index (χ2n) is 4.54. The highest BCUT2D eigenvalue weighted by molar-refractivity contribution is 5.95. The van der Waals surface area contributed by atoms with E-state index in [2.05, 4.69) is 10.3 Å². The number of aromatic nitrogens is 1. The van der Waals surface area contributed by atoms with Crippen molar-refractivity contribution in [2.24, 2.45) is 0 Å². The molecule has 2 rings (SSSR count). The molecule has 5 heteroatoms. The van der Waals surface area contributed by atoms with Gasteiger partial charge in [0.15, 0.2) is 0 Å². The van der Waals surface area contributed by atoms with Crippen molar-refractivity contribution >= 4 is 11.9 Å². The van der Waals surface area contributed by atoms with Crippen molar-refractivity contribution in [2.45, 2.75) is 38.1 Å². The molecule has 1 heterocycles. The van der Waals surface area contributed by atoms with Crippen molar-refractivity contribution in [3.8, 4) is 0 Å². The number of pyridine rings is 1. The van der Waals surface area contributed by atoms with Gasteiger partial charge in [-0.3, -0.25) is 9.78 Å². The number of hydrogen-bond acceptors (Lipinski definition) is 3. The minimum atomic E-state index is -1.05. The number of aromatic carboxylic acids is 1. The minimum absolute atomic E-state index is 0.0822. The van der Waals surface area contributed by atoms with E-state index in [1.54, 1.807) is 0 Å². The van der Waals surface area contributed by atoms with E-state index in [9.17, 15) is 9.59 Å².